The fourth-order valence-corrected chi connectivity index (χ4v) is 12.3. The summed E-state index contributed by atoms with van der Waals surface area (Å²) in [6.07, 6.45) is 17.8. The van der Waals surface area contributed by atoms with Gasteiger partial charge in [-0.1, -0.05) is 200 Å². The van der Waals surface area contributed by atoms with Crippen LogP contribution < -0.4 is 0 Å². The summed E-state index contributed by atoms with van der Waals surface area (Å²) in [5.74, 6) is 0. The standard InChI is InChI=1S/C66H51N6O4P/c73-77(74-64(61-34-16-22-49-19-10-13-31-58(49)61)43-37-55(38-44-64)70-67-52-25-4-1-5-26-52,75-65(62-35-17-23-50-20-11-14-32-59(50)62)45-39-56(40-46-65)71-68-53-27-6-2-7-28-53)76-66(63-36-18-24-51-21-12-15-33-60(51)63)47-41-57(42-48-66)72-69-54-29-8-3-9-30-54/h1-43,45,47H,44,46,48H2. The van der Waals surface area contributed by atoms with Crippen molar-refractivity contribution in [3.05, 3.63) is 307 Å². The Morgan fingerprint density at radius 2 is 0.584 bits per heavy atom. The third-order valence-electron chi connectivity index (χ3n) is 14.1. The van der Waals surface area contributed by atoms with Crippen LogP contribution in [0.5, 0.6) is 0 Å². The molecular weight excluding hydrogens is 972 g/mol. The van der Waals surface area contributed by atoms with Crippen molar-refractivity contribution in [2.45, 2.75) is 36.1 Å². The SMILES string of the molecule is O=P(OC1(c2cccc3ccccc23)C=CC(N=Nc2ccccc2)=CC1)(OC1(c2cccc3ccccc23)C=CC(N=Nc2ccccc2)=CC1)OC1(c2cccc3ccccc23)C=CC(N=Nc2ccccc2)=CC1. The molecule has 0 heterocycles. The lowest BCUT2D eigenvalue weighted by Gasteiger charge is -2.43. The minimum atomic E-state index is -5.00. The predicted molar refractivity (Wildman–Crippen MR) is 306 cm³/mol. The van der Waals surface area contributed by atoms with Crippen molar-refractivity contribution >= 4 is 57.2 Å². The summed E-state index contributed by atoms with van der Waals surface area (Å²) >= 11 is 0. The molecule has 3 unspecified atom stereocenters. The van der Waals surface area contributed by atoms with Crippen LogP contribution >= 0.6 is 7.82 Å². The van der Waals surface area contributed by atoms with Gasteiger partial charge in [0.2, 0.25) is 0 Å². The van der Waals surface area contributed by atoms with Gasteiger partial charge in [0.25, 0.3) is 0 Å². The maximum absolute atomic E-state index is 17.6. The van der Waals surface area contributed by atoms with Crippen molar-refractivity contribution in [3.8, 4) is 0 Å². The van der Waals surface area contributed by atoms with E-state index in [0.717, 1.165) is 49.0 Å². The highest BCUT2D eigenvalue weighted by atomic mass is 31.2. The van der Waals surface area contributed by atoms with Gasteiger partial charge in [0.15, 0.2) is 0 Å². The van der Waals surface area contributed by atoms with Crippen LogP contribution in [0.1, 0.15) is 36.0 Å². The van der Waals surface area contributed by atoms with Crippen molar-refractivity contribution in [3.63, 3.8) is 0 Å². The molecule has 374 valence electrons. The zero-order valence-electron chi connectivity index (χ0n) is 41.9. The summed E-state index contributed by atoms with van der Waals surface area (Å²) < 4.78 is 40.3. The second kappa shape index (κ2) is 21.4. The average Bonchev–Trinajstić information content (AvgIpc) is 3.50. The maximum atomic E-state index is 17.6. The number of allylic oxidation sites excluding steroid dienone is 3. The van der Waals surface area contributed by atoms with Gasteiger partial charge >= 0.3 is 7.82 Å². The summed E-state index contributed by atoms with van der Waals surface area (Å²) in [6.45, 7) is 0. The molecule has 3 aliphatic carbocycles. The fraction of sp³-hybridized carbons (Fsp3) is 0.0909. The molecule has 0 spiro atoms. The Labute approximate surface area is 446 Å². The van der Waals surface area contributed by atoms with Gasteiger partial charge in [-0.25, -0.2) is 4.57 Å². The van der Waals surface area contributed by atoms with Gasteiger partial charge in [0.05, 0.1) is 34.2 Å². The number of phosphoric ester groups is 1. The normalized spacial score (nSPS) is 21.2. The van der Waals surface area contributed by atoms with E-state index in [9.17, 15) is 0 Å². The highest BCUT2D eigenvalue weighted by molar-refractivity contribution is 7.48. The average molecular weight is 1020 g/mol. The smallest absolute Gasteiger partial charge is 0.271 e. The van der Waals surface area contributed by atoms with E-state index < -0.39 is 24.6 Å². The number of benzene rings is 9. The summed E-state index contributed by atoms with van der Waals surface area (Å²) in [5.41, 5.74) is 1.91. The van der Waals surface area contributed by atoms with Gasteiger partial charge in [-0.05, 0) is 122 Å². The highest BCUT2D eigenvalue weighted by Gasteiger charge is 2.52. The van der Waals surface area contributed by atoms with Crippen LogP contribution in [0.15, 0.2) is 321 Å². The van der Waals surface area contributed by atoms with E-state index in [0.29, 0.717) is 34.2 Å². The Balaban J connectivity index is 1.04. The molecule has 3 aliphatic rings. The van der Waals surface area contributed by atoms with Crippen LogP contribution in [-0.4, -0.2) is 0 Å². The van der Waals surface area contributed by atoms with Crippen molar-refractivity contribution in [2.75, 3.05) is 0 Å². The quantitative estimate of drug-likeness (QED) is 0.0750. The molecule has 0 N–H and O–H groups in total. The number of fused-ring (bicyclic) bond motifs is 3. The molecule has 0 saturated heterocycles. The highest BCUT2D eigenvalue weighted by Crippen LogP contribution is 2.66. The predicted octanol–water partition coefficient (Wildman–Crippen LogP) is 19.2. The second-order valence-corrected chi connectivity index (χ2v) is 20.5. The Kier molecular flexibility index (Phi) is 13.6. The van der Waals surface area contributed by atoms with Crippen LogP contribution in [0.4, 0.5) is 17.1 Å². The van der Waals surface area contributed by atoms with Crippen LogP contribution in [-0.2, 0) is 34.9 Å². The first-order chi connectivity index (χ1) is 37.9. The van der Waals surface area contributed by atoms with Gasteiger partial charge < -0.3 is 0 Å². The molecule has 3 atom stereocenters. The third kappa shape index (κ3) is 10.4. The first-order valence-corrected chi connectivity index (χ1v) is 27.1. The summed E-state index contributed by atoms with van der Waals surface area (Å²) in [5, 5.41) is 33.2. The van der Waals surface area contributed by atoms with Gasteiger partial charge in [-0.3, -0.25) is 13.6 Å². The summed E-state index contributed by atoms with van der Waals surface area (Å²) in [4.78, 5) is 0. The summed E-state index contributed by atoms with van der Waals surface area (Å²) in [6, 6.07) is 71.3. The number of hydrogen-bond donors (Lipinski definition) is 0. The molecule has 0 fully saturated rings. The minimum Gasteiger partial charge on any atom is -0.271 e. The minimum absolute atomic E-state index is 0.194. The Bertz CT molecular complexity index is 3580. The Morgan fingerprint density at radius 3 is 0.870 bits per heavy atom. The molecule has 10 nitrogen and oxygen atoms in total. The Hall–Kier alpha value is -8.89. The molecule has 0 aliphatic heterocycles. The number of nitrogens with zero attached hydrogens (tertiary/aromatic N) is 6. The van der Waals surface area contributed by atoms with E-state index in [4.69, 9.17) is 13.6 Å². The van der Waals surface area contributed by atoms with E-state index in [2.05, 4.69) is 85.3 Å². The molecule has 9 aromatic rings. The number of phosphoric acid groups is 1. The molecule has 0 bridgehead atoms. The lowest BCUT2D eigenvalue weighted by Crippen LogP contribution is -2.36. The van der Waals surface area contributed by atoms with Crippen molar-refractivity contribution in [1.29, 1.82) is 0 Å². The van der Waals surface area contributed by atoms with E-state index in [1.54, 1.807) is 0 Å². The van der Waals surface area contributed by atoms with E-state index in [1.165, 1.54) is 0 Å². The van der Waals surface area contributed by atoms with Crippen LogP contribution in [0.25, 0.3) is 32.3 Å². The number of rotatable bonds is 15. The van der Waals surface area contributed by atoms with Gasteiger partial charge in [-0.2, -0.15) is 30.7 Å². The largest absolute Gasteiger partial charge is 0.478 e. The van der Waals surface area contributed by atoms with Crippen LogP contribution in [0.2, 0.25) is 0 Å². The van der Waals surface area contributed by atoms with E-state index >= 15 is 4.57 Å². The zero-order chi connectivity index (χ0) is 52.0. The molecular formula is C66H51N6O4P. The van der Waals surface area contributed by atoms with Crippen molar-refractivity contribution in [2.24, 2.45) is 30.7 Å². The first kappa shape index (κ1) is 49.0. The maximum Gasteiger partial charge on any atom is 0.478 e. The zero-order valence-corrected chi connectivity index (χ0v) is 42.8. The van der Waals surface area contributed by atoms with Crippen LogP contribution in [0, 0.1) is 0 Å². The van der Waals surface area contributed by atoms with Gasteiger partial charge in [0.1, 0.15) is 16.8 Å². The molecule has 0 amide bonds. The topological polar surface area (TPSA) is 119 Å². The van der Waals surface area contributed by atoms with E-state index in [1.807, 2.05) is 218 Å². The molecule has 9 aromatic carbocycles. The molecule has 0 saturated carbocycles. The van der Waals surface area contributed by atoms with Crippen molar-refractivity contribution < 1.29 is 18.1 Å². The molecule has 77 heavy (non-hydrogen) atoms. The third-order valence-corrected chi connectivity index (χ3v) is 15.7. The monoisotopic (exact) mass is 1020 g/mol. The van der Waals surface area contributed by atoms with Crippen molar-refractivity contribution in [1.82, 2.24) is 0 Å². The summed E-state index contributed by atoms with van der Waals surface area (Å²) in [7, 11) is -5.00. The molecule has 12 rings (SSSR count). The van der Waals surface area contributed by atoms with Crippen LogP contribution in [0.3, 0.4) is 0 Å². The van der Waals surface area contributed by atoms with E-state index in [-0.39, 0.29) is 19.3 Å². The van der Waals surface area contributed by atoms with Gasteiger partial charge in [0, 0.05) is 19.3 Å². The number of azo groups is 3. The van der Waals surface area contributed by atoms with Gasteiger partial charge in [-0.15, -0.1) is 0 Å². The molecule has 0 aromatic heterocycles. The first-order valence-electron chi connectivity index (χ1n) is 25.6. The molecule has 11 heteroatoms. The fourth-order valence-electron chi connectivity index (χ4n) is 10.3. The lowest BCUT2D eigenvalue weighted by molar-refractivity contribution is -0.0352. The second-order valence-electron chi connectivity index (χ2n) is 19.1. The number of hydrogen-bond acceptors (Lipinski definition) is 10. The lowest BCUT2D eigenvalue weighted by atomic mass is 9.84. The molecule has 0 radical (unpaired) electrons. The Morgan fingerprint density at radius 1 is 0.312 bits per heavy atom.